The van der Waals surface area contributed by atoms with Crippen LogP contribution < -0.4 is 0 Å². The van der Waals surface area contributed by atoms with Crippen LogP contribution in [0.4, 0.5) is 0 Å². The van der Waals surface area contributed by atoms with Crippen LogP contribution in [0.2, 0.25) is 0 Å². The molecular weight excluding hydrogens is 206 g/mol. The summed E-state index contributed by atoms with van der Waals surface area (Å²) in [5.74, 6) is 1.33. The van der Waals surface area contributed by atoms with E-state index < -0.39 is 5.54 Å². The highest BCUT2D eigenvalue weighted by Crippen LogP contribution is 2.37. The first kappa shape index (κ1) is 11.1. The van der Waals surface area contributed by atoms with Gasteiger partial charge in [-0.1, -0.05) is 12.1 Å². The summed E-state index contributed by atoms with van der Waals surface area (Å²) in [5, 5.41) is 3.80. The summed E-state index contributed by atoms with van der Waals surface area (Å²) in [6.45, 7) is 6.45. The van der Waals surface area contributed by atoms with Crippen LogP contribution in [0, 0.1) is 6.92 Å². The van der Waals surface area contributed by atoms with Crippen LogP contribution in [0.25, 0.3) is 0 Å². The van der Waals surface area contributed by atoms with Crippen molar-refractivity contribution in [2.24, 2.45) is 0 Å². The van der Waals surface area contributed by atoms with Crippen LogP contribution >= 0.6 is 0 Å². The van der Waals surface area contributed by atoms with Crippen LogP contribution in [-0.4, -0.2) is 27.5 Å². The topological polar surface area (TPSA) is 59.2 Å². The second-order valence-corrected chi connectivity index (χ2v) is 4.42. The van der Waals surface area contributed by atoms with Crippen LogP contribution in [-0.2, 0) is 10.3 Å². The minimum absolute atomic E-state index is 0.149. The number of hydrogen-bond acceptors (Lipinski definition) is 4. The Morgan fingerprint density at radius 1 is 1.62 bits per heavy atom. The fraction of sp³-hybridized carbons (Fsp3) is 0.727. The summed E-state index contributed by atoms with van der Waals surface area (Å²) in [4.78, 5) is 18.0. The van der Waals surface area contributed by atoms with Gasteiger partial charge in [0.15, 0.2) is 5.82 Å². The third-order valence-corrected chi connectivity index (χ3v) is 3.23. The van der Waals surface area contributed by atoms with E-state index in [1.54, 1.807) is 6.92 Å². The summed E-state index contributed by atoms with van der Waals surface area (Å²) < 4.78 is 5.22. The Hall–Kier alpha value is -1.39. The minimum atomic E-state index is -0.408. The zero-order valence-electron chi connectivity index (χ0n) is 9.99. The number of nitrogens with zero attached hydrogens (tertiary/aromatic N) is 3. The summed E-state index contributed by atoms with van der Waals surface area (Å²) in [6.07, 6.45) is 2.40. The van der Waals surface area contributed by atoms with Crippen molar-refractivity contribution in [3.05, 3.63) is 11.7 Å². The molecule has 0 saturated carbocycles. The van der Waals surface area contributed by atoms with E-state index >= 15 is 0 Å². The van der Waals surface area contributed by atoms with E-state index in [4.69, 9.17) is 4.52 Å². The van der Waals surface area contributed by atoms with Crippen LogP contribution in [0.5, 0.6) is 0 Å². The molecule has 0 aliphatic carbocycles. The van der Waals surface area contributed by atoms with Gasteiger partial charge >= 0.3 is 0 Å². The maximum Gasteiger partial charge on any atom is 0.252 e. The normalized spacial score (nSPS) is 25.1. The Bertz CT molecular complexity index is 402. The molecule has 1 saturated heterocycles. The van der Waals surface area contributed by atoms with Gasteiger partial charge < -0.3 is 9.42 Å². The number of hydrogen-bond donors (Lipinski definition) is 0. The number of aryl methyl sites for hydroxylation is 1. The van der Waals surface area contributed by atoms with Crippen LogP contribution in [0.15, 0.2) is 4.52 Å². The molecular formula is C11H17N3O2. The van der Waals surface area contributed by atoms with Crippen LogP contribution in [0.3, 0.4) is 0 Å². The Labute approximate surface area is 94.8 Å². The fourth-order valence-electron chi connectivity index (χ4n) is 2.29. The summed E-state index contributed by atoms with van der Waals surface area (Å²) >= 11 is 0. The first-order valence-corrected chi connectivity index (χ1v) is 5.69. The van der Waals surface area contributed by atoms with Crippen molar-refractivity contribution in [3.63, 3.8) is 0 Å². The molecule has 1 aliphatic rings. The molecule has 0 N–H and O–H groups in total. The molecule has 1 amide bonds. The van der Waals surface area contributed by atoms with Crippen molar-refractivity contribution in [2.45, 2.75) is 45.6 Å². The van der Waals surface area contributed by atoms with E-state index in [0.717, 1.165) is 19.4 Å². The lowest BCUT2D eigenvalue weighted by atomic mass is 9.98. The quantitative estimate of drug-likeness (QED) is 0.764. The van der Waals surface area contributed by atoms with Crippen molar-refractivity contribution in [1.82, 2.24) is 15.0 Å². The molecule has 1 aromatic rings. The zero-order chi connectivity index (χ0) is 11.8. The highest BCUT2D eigenvalue weighted by molar-refractivity contribution is 5.77. The lowest BCUT2D eigenvalue weighted by Crippen LogP contribution is -2.42. The molecule has 16 heavy (non-hydrogen) atoms. The second-order valence-electron chi connectivity index (χ2n) is 4.42. The molecule has 0 bridgehead atoms. The maximum atomic E-state index is 11.8. The highest BCUT2D eigenvalue weighted by atomic mass is 16.5. The molecule has 5 heteroatoms. The van der Waals surface area contributed by atoms with Gasteiger partial charge in [0.1, 0.15) is 5.54 Å². The van der Waals surface area contributed by atoms with Gasteiger partial charge in [-0.25, -0.2) is 0 Å². The Morgan fingerprint density at radius 3 is 2.94 bits per heavy atom. The predicted octanol–water partition coefficient (Wildman–Crippen LogP) is 1.63. The van der Waals surface area contributed by atoms with Crippen molar-refractivity contribution in [2.75, 3.05) is 6.54 Å². The molecule has 0 radical (unpaired) electrons. The van der Waals surface area contributed by atoms with Gasteiger partial charge in [-0.15, -0.1) is 0 Å². The van der Waals surface area contributed by atoms with Crippen molar-refractivity contribution in [3.8, 4) is 0 Å². The third kappa shape index (κ3) is 1.60. The Balaban J connectivity index is 2.32. The van der Waals surface area contributed by atoms with E-state index in [-0.39, 0.29) is 5.91 Å². The maximum absolute atomic E-state index is 11.8. The van der Waals surface area contributed by atoms with Gasteiger partial charge in [0.2, 0.25) is 5.91 Å². The number of carbonyl (C=O) groups is 1. The van der Waals surface area contributed by atoms with E-state index in [1.807, 2.05) is 18.7 Å². The number of aromatic nitrogens is 2. The van der Waals surface area contributed by atoms with E-state index in [1.165, 1.54) is 0 Å². The monoisotopic (exact) mass is 223 g/mol. The average molecular weight is 223 g/mol. The molecule has 1 aliphatic heterocycles. The fourth-order valence-corrected chi connectivity index (χ4v) is 2.29. The lowest BCUT2D eigenvalue weighted by molar-refractivity contribution is -0.135. The van der Waals surface area contributed by atoms with Crippen LogP contribution in [0.1, 0.15) is 44.8 Å². The highest BCUT2D eigenvalue weighted by Gasteiger charge is 2.44. The number of amides is 1. The standard InChI is InChI=1S/C11H17N3O2/c1-4-9(15)14-7-5-6-11(14,3)10-12-8(2)13-16-10/h4-7H2,1-3H3. The first-order chi connectivity index (χ1) is 7.58. The molecule has 1 atom stereocenters. The summed E-state index contributed by atoms with van der Waals surface area (Å²) in [5.41, 5.74) is -0.408. The average Bonchev–Trinajstić information content (AvgIpc) is 2.84. The Morgan fingerprint density at radius 2 is 2.38 bits per heavy atom. The third-order valence-electron chi connectivity index (χ3n) is 3.23. The molecule has 2 heterocycles. The predicted molar refractivity (Wildman–Crippen MR) is 57.6 cm³/mol. The van der Waals surface area contributed by atoms with E-state index in [0.29, 0.717) is 18.1 Å². The smallest absolute Gasteiger partial charge is 0.252 e. The molecule has 1 aromatic heterocycles. The van der Waals surface area contributed by atoms with Gasteiger partial charge in [-0.3, -0.25) is 4.79 Å². The number of rotatable bonds is 2. The molecule has 5 nitrogen and oxygen atoms in total. The van der Waals surface area contributed by atoms with Crippen molar-refractivity contribution < 1.29 is 9.32 Å². The Kier molecular flexibility index (Phi) is 2.69. The minimum Gasteiger partial charge on any atom is -0.337 e. The zero-order valence-corrected chi connectivity index (χ0v) is 9.99. The lowest BCUT2D eigenvalue weighted by Gasteiger charge is -2.31. The molecule has 1 unspecified atom stereocenters. The SMILES string of the molecule is CCC(=O)N1CCCC1(C)c1nc(C)no1. The van der Waals surface area contributed by atoms with Gasteiger partial charge in [0.05, 0.1) is 0 Å². The molecule has 2 rings (SSSR count). The van der Waals surface area contributed by atoms with Crippen molar-refractivity contribution >= 4 is 5.91 Å². The largest absolute Gasteiger partial charge is 0.337 e. The van der Waals surface area contributed by atoms with Gasteiger partial charge in [0, 0.05) is 13.0 Å². The van der Waals surface area contributed by atoms with Gasteiger partial charge in [-0.05, 0) is 26.7 Å². The number of likely N-dealkylation sites (tertiary alicyclic amines) is 1. The summed E-state index contributed by atoms with van der Waals surface area (Å²) in [6, 6.07) is 0. The molecule has 1 fully saturated rings. The second kappa shape index (κ2) is 3.88. The number of carbonyl (C=O) groups excluding carboxylic acids is 1. The molecule has 88 valence electrons. The van der Waals surface area contributed by atoms with Gasteiger partial charge in [-0.2, -0.15) is 4.98 Å². The van der Waals surface area contributed by atoms with E-state index in [9.17, 15) is 4.79 Å². The molecule has 0 spiro atoms. The molecule has 0 aromatic carbocycles. The van der Waals surface area contributed by atoms with Crippen molar-refractivity contribution in [1.29, 1.82) is 0 Å². The first-order valence-electron chi connectivity index (χ1n) is 5.69. The van der Waals surface area contributed by atoms with E-state index in [2.05, 4.69) is 10.1 Å². The van der Waals surface area contributed by atoms with Gasteiger partial charge in [0.25, 0.3) is 5.89 Å². The summed E-state index contributed by atoms with van der Waals surface area (Å²) in [7, 11) is 0.